The van der Waals surface area contributed by atoms with Crippen molar-refractivity contribution in [2.45, 2.75) is 51.0 Å². The van der Waals surface area contributed by atoms with E-state index < -0.39 is 35.1 Å². The van der Waals surface area contributed by atoms with E-state index in [0.29, 0.717) is 0 Å². The summed E-state index contributed by atoms with van der Waals surface area (Å²) in [7, 11) is 0. The maximum atomic E-state index is 13.0. The number of benzene rings is 2. The van der Waals surface area contributed by atoms with Crippen LogP contribution in [0.25, 0.3) is 0 Å². The standard InChI is InChI=1S/C26H31N3O7/c1-25(2,28-23(33)35-17-19-9-5-3-6-10-19)21(30)27-26(22(31)32)13-15-29(16-14-26)24(34)36-18-20-11-7-4-8-12-20/h3-12H,13-18H2,1-2H3,(H,27,30)(H,28,33)(H,31,32). The van der Waals surface area contributed by atoms with Crippen molar-refractivity contribution in [3.05, 3.63) is 71.8 Å². The molecule has 0 spiro atoms. The molecular formula is C26H31N3O7. The number of carboxylic acid groups (broad SMARTS) is 1. The Labute approximate surface area is 209 Å². The van der Waals surface area contributed by atoms with E-state index in [1.54, 1.807) is 12.1 Å². The normalized spacial score (nSPS) is 14.9. The van der Waals surface area contributed by atoms with Gasteiger partial charge in [-0.25, -0.2) is 14.4 Å². The monoisotopic (exact) mass is 497 g/mol. The molecule has 0 aromatic heterocycles. The third kappa shape index (κ3) is 6.97. The first-order valence-corrected chi connectivity index (χ1v) is 11.6. The summed E-state index contributed by atoms with van der Waals surface area (Å²) in [5.74, 6) is -1.89. The summed E-state index contributed by atoms with van der Waals surface area (Å²) in [6, 6.07) is 18.3. The fourth-order valence-corrected chi connectivity index (χ4v) is 3.72. The van der Waals surface area contributed by atoms with E-state index in [9.17, 15) is 24.3 Å². The number of nitrogens with zero attached hydrogens (tertiary/aromatic N) is 1. The van der Waals surface area contributed by atoms with Gasteiger partial charge >= 0.3 is 18.2 Å². The van der Waals surface area contributed by atoms with E-state index in [0.717, 1.165) is 11.1 Å². The number of hydrogen-bond acceptors (Lipinski definition) is 6. The van der Waals surface area contributed by atoms with E-state index in [-0.39, 0.29) is 39.1 Å². The van der Waals surface area contributed by atoms with Gasteiger partial charge in [-0.2, -0.15) is 0 Å². The number of piperidine rings is 1. The van der Waals surface area contributed by atoms with Crippen molar-refractivity contribution in [2.24, 2.45) is 0 Å². The molecule has 3 amide bonds. The van der Waals surface area contributed by atoms with Crippen LogP contribution in [0, 0.1) is 0 Å². The van der Waals surface area contributed by atoms with Gasteiger partial charge in [0, 0.05) is 13.1 Å². The van der Waals surface area contributed by atoms with Gasteiger partial charge in [-0.3, -0.25) is 4.79 Å². The van der Waals surface area contributed by atoms with Crippen molar-refractivity contribution in [1.82, 2.24) is 15.5 Å². The summed E-state index contributed by atoms with van der Waals surface area (Å²) in [6.07, 6.45) is -1.38. The van der Waals surface area contributed by atoms with Gasteiger partial charge in [-0.05, 0) is 37.8 Å². The molecule has 36 heavy (non-hydrogen) atoms. The predicted molar refractivity (Wildman–Crippen MR) is 130 cm³/mol. The average molecular weight is 498 g/mol. The highest BCUT2D eigenvalue weighted by atomic mass is 16.6. The van der Waals surface area contributed by atoms with Gasteiger partial charge in [0.05, 0.1) is 0 Å². The Hall–Kier alpha value is -4.08. The molecule has 10 nitrogen and oxygen atoms in total. The number of rotatable bonds is 8. The largest absolute Gasteiger partial charge is 0.480 e. The number of carboxylic acids is 1. The topological polar surface area (TPSA) is 134 Å². The molecule has 1 aliphatic heterocycles. The zero-order chi connectivity index (χ0) is 26.2. The lowest BCUT2D eigenvalue weighted by Gasteiger charge is -2.40. The van der Waals surface area contributed by atoms with Gasteiger partial charge in [0.1, 0.15) is 24.3 Å². The van der Waals surface area contributed by atoms with E-state index in [1.165, 1.54) is 18.7 Å². The second-order valence-corrected chi connectivity index (χ2v) is 9.18. The predicted octanol–water partition coefficient (Wildman–Crippen LogP) is 3.06. The van der Waals surface area contributed by atoms with Gasteiger partial charge in [-0.15, -0.1) is 0 Å². The summed E-state index contributed by atoms with van der Waals surface area (Å²) < 4.78 is 10.5. The average Bonchev–Trinajstić information content (AvgIpc) is 2.87. The highest BCUT2D eigenvalue weighted by molar-refractivity contribution is 5.93. The van der Waals surface area contributed by atoms with Crippen molar-refractivity contribution in [1.29, 1.82) is 0 Å². The fraction of sp³-hybridized carbons (Fsp3) is 0.385. The van der Waals surface area contributed by atoms with Crippen molar-refractivity contribution in [2.75, 3.05) is 13.1 Å². The number of ether oxygens (including phenoxy) is 2. The maximum Gasteiger partial charge on any atom is 0.410 e. The van der Waals surface area contributed by atoms with E-state index in [1.807, 2.05) is 48.5 Å². The Kier molecular flexibility index (Phi) is 8.52. The summed E-state index contributed by atoms with van der Waals surface area (Å²) in [5, 5.41) is 15.0. The molecule has 1 aliphatic rings. The lowest BCUT2D eigenvalue weighted by molar-refractivity contribution is -0.150. The molecule has 0 unspecified atom stereocenters. The van der Waals surface area contributed by atoms with Gasteiger partial charge in [0.15, 0.2) is 0 Å². The minimum Gasteiger partial charge on any atom is -0.480 e. The van der Waals surface area contributed by atoms with Gasteiger partial charge in [0.2, 0.25) is 5.91 Å². The van der Waals surface area contributed by atoms with Crippen LogP contribution in [0.1, 0.15) is 37.8 Å². The quantitative estimate of drug-likeness (QED) is 0.510. The molecule has 1 saturated heterocycles. The Balaban J connectivity index is 1.52. The molecule has 2 aromatic carbocycles. The van der Waals surface area contributed by atoms with Crippen molar-refractivity contribution >= 4 is 24.1 Å². The van der Waals surface area contributed by atoms with Crippen LogP contribution in [0.2, 0.25) is 0 Å². The zero-order valence-electron chi connectivity index (χ0n) is 20.4. The van der Waals surface area contributed by atoms with Crippen LogP contribution in [0.3, 0.4) is 0 Å². The van der Waals surface area contributed by atoms with Crippen molar-refractivity contribution in [3.8, 4) is 0 Å². The molecule has 0 bridgehead atoms. The third-order valence-electron chi connectivity index (χ3n) is 6.04. The number of alkyl carbamates (subject to hydrolysis) is 1. The molecule has 0 atom stereocenters. The third-order valence-corrected chi connectivity index (χ3v) is 6.04. The smallest absolute Gasteiger partial charge is 0.410 e. The van der Waals surface area contributed by atoms with E-state index >= 15 is 0 Å². The molecule has 0 saturated carbocycles. The van der Waals surface area contributed by atoms with Crippen LogP contribution in [0.5, 0.6) is 0 Å². The highest BCUT2D eigenvalue weighted by Gasteiger charge is 2.46. The van der Waals surface area contributed by atoms with Crippen molar-refractivity contribution in [3.63, 3.8) is 0 Å². The summed E-state index contributed by atoms with van der Waals surface area (Å²) in [5.41, 5.74) is -1.40. The van der Waals surface area contributed by atoms with E-state index in [2.05, 4.69) is 10.6 Å². The summed E-state index contributed by atoms with van der Waals surface area (Å²) in [4.78, 5) is 51.2. The lowest BCUT2D eigenvalue weighted by Crippen LogP contribution is -2.66. The van der Waals surface area contributed by atoms with Crippen LogP contribution in [0.15, 0.2) is 60.7 Å². The Morgan fingerprint density at radius 1 is 0.889 bits per heavy atom. The minimum absolute atomic E-state index is 0.0109. The molecule has 3 N–H and O–H groups in total. The number of aliphatic carboxylic acids is 1. The fourth-order valence-electron chi connectivity index (χ4n) is 3.72. The van der Waals surface area contributed by atoms with Crippen LogP contribution < -0.4 is 10.6 Å². The molecule has 1 heterocycles. The minimum atomic E-state index is -1.58. The van der Waals surface area contributed by atoms with Crippen LogP contribution >= 0.6 is 0 Å². The zero-order valence-corrected chi connectivity index (χ0v) is 20.4. The first-order valence-electron chi connectivity index (χ1n) is 11.6. The molecule has 192 valence electrons. The second-order valence-electron chi connectivity index (χ2n) is 9.18. The van der Waals surface area contributed by atoms with Gasteiger partial charge < -0.3 is 30.1 Å². The number of carbonyl (C=O) groups excluding carboxylic acids is 3. The number of nitrogens with one attached hydrogen (secondary N) is 2. The van der Waals surface area contributed by atoms with Crippen LogP contribution in [-0.4, -0.2) is 58.2 Å². The van der Waals surface area contributed by atoms with E-state index in [4.69, 9.17) is 9.47 Å². The van der Waals surface area contributed by atoms with Gasteiger partial charge in [0.25, 0.3) is 0 Å². The molecular weight excluding hydrogens is 466 g/mol. The van der Waals surface area contributed by atoms with Crippen LogP contribution in [-0.2, 0) is 32.3 Å². The first kappa shape index (κ1) is 26.5. The van der Waals surface area contributed by atoms with Crippen LogP contribution in [0.4, 0.5) is 9.59 Å². The first-order chi connectivity index (χ1) is 17.1. The maximum absolute atomic E-state index is 13.0. The molecule has 0 radical (unpaired) electrons. The molecule has 10 heteroatoms. The van der Waals surface area contributed by atoms with Crippen molar-refractivity contribution < 1.29 is 33.8 Å². The number of likely N-dealkylation sites (tertiary alicyclic amines) is 1. The highest BCUT2D eigenvalue weighted by Crippen LogP contribution is 2.25. The van der Waals surface area contributed by atoms with Gasteiger partial charge in [-0.1, -0.05) is 60.7 Å². The summed E-state index contributed by atoms with van der Waals surface area (Å²) in [6.45, 7) is 3.23. The SMILES string of the molecule is CC(C)(NC(=O)OCc1ccccc1)C(=O)NC1(C(=O)O)CCN(C(=O)OCc2ccccc2)CC1. The Morgan fingerprint density at radius 3 is 1.89 bits per heavy atom. The summed E-state index contributed by atoms with van der Waals surface area (Å²) >= 11 is 0. The number of carbonyl (C=O) groups is 4. The molecule has 3 rings (SSSR count). The Morgan fingerprint density at radius 2 is 1.39 bits per heavy atom. The number of hydrogen-bond donors (Lipinski definition) is 3. The molecule has 0 aliphatic carbocycles. The molecule has 1 fully saturated rings. The Bertz CT molecular complexity index is 1070. The molecule has 2 aromatic rings. The lowest BCUT2D eigenvalue weighted by atomic mass is 9.86. The number of amides is 3. The second kappa shape index (κ2) is 11.6.